The van der Waals surface area contributed by atoms with Crippen molar-refractivity contribution in [2.45, 2.75) is 51.2 Å². The van der Waals surface area contributed by atoms with Gasteiger partial charge in [0.05, 0.1) is 11.3 Å². The summed E-state index contributed by atoms with van der Waals surface area (Å²) in [5.41, 5.74) is 3.16. The summed E-state index contributed by atoms with van der Waals surface area (Å²) in [5.74, 6) is 0.156. The van der Waals surface area contributed by atoms with Crippen LogP contribution in [-0.4, -0.2) is 24.0 Å². The first kappa shape index (κ1) is 22.6. The first-order chi connectivity index (χ1) is 16.1. The average Bonchev–Trinajstić information content (AvgIpc) is 2.86. The molecule has 1 saturated carbocycles. The van der Waals surface area contributed by atoms with Gasteiger partial charge < -0.3 is 15.4 Å². The van der Waals surface area contributed by atoms with Gasteiger partial charge in [0.1, 0.15) is 5.75 Å². The molecule has 0 bridgehead atoms. The van der Waals surface area contributed by atoms with Crippen LogP contribution in [0.5, 0.6) is 5.75 Å². The molecule has 1 atom stereocenters. The molecular formula is C28H30N2O3. The highest BCUT2D eigenvalue weighted by atomic mass is 16.5. The second-order valence-electron chi connectivity index (χ2n) is 8.49. The fraction of sp³-hybridized carbons (Fsp3) is 0.286. The van der Waals surface area contributed by atoms with E-state index in [2.05, 4.69) is 10.6 Å². The molecule has 5 heteroatoms. The molecule has 1 aliphatic carbocycles. The fourth-order valence-electron chi connectivity index (χ4n) is 4.15. The van der Waals surface area contributed by atoms with Crippen LogP contribution in [0.15, 0.2) is 78.9 Å². The van der Waals surface area contributed by atoms with Crippen molar-refractivity contribution in [2.75, 3.05) is 5.32 Å². The Bertz CT molecular complexity index is 1070. The van der Waals surface area contributed by atoms with Gasteiger partial charge in [0.2, 0.25) is 0 Å². The molecule has 2 amide bonds. The highest BCUT2D eigenvalue weighted by Crippen LogP contribution is 2.23. The molecule has 33 heavy (non-hydrogen) atoms. The SMILES string of the molecule is CC(Oc1ccc(-c2ccccc2)cc1)C(=O)Nc1ccccc1C(=O)NC1CCCCC1. The lowest BCUT2D eigenvalue weighted by Crippen LogP contribution is -2.37. The minimum absolute atomic E-state index is 0.150. The van der Waals surface area contributed by atoms with Crippen molar-refractivity contribution < 1.29 is 14.3 Å². The first-order valence-corrected chi connectivity index (χ1v) is 11.6. The Morgan fingerprint density at radius 3 is 2.18 bits per heavy atom. The zero-order valence-corrected chi connectivity index (χ0v) is 18.9. The third-order valence-electron chi connectivity index (χ3n) is 6.01. The predicted molar refractivity (Wildman–Crippen MR) is 131 cm³/mol. The number of rotatable bonds is 7. The molecule has 0 heterocycles. The van der Waals surface area contributed by atoms with Crippen LogP contribution in [0.2, 0.25) is 0 Å². The van der Waals surface area contributed by atoms with Gasteiger partial charge in [0.15, 0.2) is 6.10 Å². The van der Waals surface area contributed by atoms with E-state index in [0.29, 0.717) is 17.0 Å². The molecule has 2 N–H and O–H groups in total. The standard InChI is InChI=1S/C28H30N2O3/c1-20(33-24-18-16-22(17-19-24)21-10-4-2-5-11-21)27(31)30-26-15-9-8-14-25(26)28(32)29-23-12-6-3-7-13-23/h2,4-5,8-11,14-20,23H,3,6-7,12-13H2,1H3,(H,29,32)(H,30,31). The lowest BCUT2D eigenvalue weighted by Gasteiger charge is -2.23. The summed E-state index contributed by atoms with van der Waals surface area (Å²) in [4.78, 5) is 25.6. The van der Waals surface area contributed by atoms with E-state index in [1.54, 1.807) is 31.2 Å². The number of carbonyl (C=O) groups excluding carboxylic acids is 2. The largest absolute Gasteiger partial charge is 0.481 e. The van der Waals surface area contributed by atoms with Crippen LogP contribution in [-0.2, 0) is 4.79 Å². The van der Waals surface area contributed by atoms with E-state index >= 15 is 0 Å². The summed E-state index contributed by atoms with van der Waals surface area (Å²) in [6.07, 6.45) is 4.81. The number of amides is 2. The molecule has 0 aliphatic heterocycles. The molecular weight excluding hydrogens is 412 g/mol. The molecule has 0 aromatic heterocycles. The molecule has 1 fully saturated rings. The third kappa shape index (κ3) is 6.01. The monoisotopic (exact) mass is 442 g/mol. The highest BCUT2D eigenvalue weighted by molar-refractivity contribution is 6.04. The van der Waals surface area contributed by atoms with Gasteiger partial charge in [-0.3, -0.25) is 9.59 Å². The number of nitrogens with one attached hydrogen (secondary N) is 2. The van der Waals surface area contributed by atoms with Gasteiger partial charge in [-0.1, -0.05) is 73.9 Å². The Hall–Kier alpha value is -3.60. The Morgan fingerprint density at radius 1 is 0.818 bits per heavy atom. The summed E-state index contributed by atoms with van der Waals surface area (Å²) in [7, 11) is 0. The molecule has 0 saturated heterocycles. The van der Waals surface area contributed by atoms with Gasteiger partial charge in [-0.25, -0.2) is 0 Å². The highest BCUT2D eigenvalue weighted by Gasteiger charge is 2.21. The second kappa shape index (κ2) is 10.8. The van der Waals surface area contributed by atoms with Crippen LogP contribution in [0.25, 0.3) is 11.1 Å². The number of benzene rings is 3. The van der Waals surface area contributed by atoms with Crippen molar-refractivity contribution >= 4 is 17.5 Å². The third-order valence-corrected chi connectivity index (χ3v) is 6.01. The summed E-state index contributed by atoms with van der Waals surface area (Å²) in [6, 6.07) is 25.0. The average molecular weight is 443 g/mol. The van der Waals surface area contributed by atoms with E-state index in [4.69, 9.17) is 4.74 Å². The minimum Gasteiger partial charge on any atom is -0.481 e. The molecule has 3 aromatic carbocycles. The number of hydrogen-bond donors (Lipinski definition) is 2. The summed E-state index contributed by atoms with van der Waals surface area (Å²) in [6.45, 7) is 1.70. The van der Waals surface area contributed by atoms with Gasteiger partial charge in [0.25, 0.3) is 11.8 Å². The zero-order valence-electron chi connectivity index (χ0n) is 18.9. The van der Waals surface area contributed by atoms with E-state index in [1.807, 2.05) is 54.6 Å². The molecule has 4 rings (SSSR count). The van der Waals surface area contributed by atoms with E-state index in [0.717, 1.165) is 36.8 Å². The number of para-hydroxylation sites is 1. The van der Waals surface area contributed by atoms with Gasteiger partial charge in [-0.05, 0) is 55.2 Å². The molecule has 170 valence electrons. The quantitative estimate of drug-likeness (QED) is 0.484. The number of hydrogen-bond acceptors (Lipinski definition) is 3. The second-order valence-corrected chi connectivity index (χ2v) is 8.49. The molecule has 0 spiro atoms. The molecule has 3 aromatic rings. The van der Waals surface area contributed by atoms with E-state index in [9.17, 15) is 9.59 Å². The number of ether oxygens (including phenoxy) is 1. The van der Waals surface area contributed by atoms with E-state index < -0.39 is 6.10 Å². The maximum Gasteiger partial charge on any atom is 0.265 e. The Kier molecular flexibility index (Phi) is 7.40. The summed E-state index contributed by atoms with van der Waals surface area (Å²) >= 11 is 0. The van der Waals surface area contributed by atoms with Crippen LogP contribution >= 0.6 is 0 Å². The van der Waals surface area contributed by atoms with Crippen molar-refractivity contribution in [2.24, 2.45) is 0 Å². The van der Waals surface area contributed by atoms with Crippen LogP contribution in [0, 0.1) is 0 Å². The fourth-order valence-corrected chi connectivity index (χ4v) is 4.15. The smallest absolute Gasteiger partial charge is 0.265 e. The summed E-state index contributed by atoms with van der Waals surface area (Å²) in [5, 5.41) is 5.98. The predicted octanol–water partition coefficient (Wildman–Crippen LogP) is 5.82. The maximum absolute atomic E-state index is 12.8. The van der Waals surface area contributed by atoms with E-state index in [-0.39, 0.29) is 17.9 Å². The molecule has 1 aliphatic rings. The maximum atomic E-state index is 12.8. The van der Waals surface area contributed by atoms with Crippen LogP contribution < -0.4 is 15.4 Å². The topological polar surface area (TPSA) is 67.4 Å². The van der Waals surface area contributed by atoms with Gasteiger partial charge >= 0.3 is 0 Å². The Balaban J connectivity index is 1.37. The number of carbonyl (C=O) groups is 2. The lowest BCUT2D eigenvalue weighted by atomic mass is 9.95. The summed E-state index contributed by atoms with van der Waals surface area (Å²) < 4.78 is 5.85. The van der Waals surface area contributed by atoms with E-state index in [1.165, 1.54) is 6.42 Å². The van der Waals surface area contributed by atoms with Gasteiger partial charge in [-0.2, -0.15) is 0 Å². The van der Waals surface area contributed by atoms with Crippen molar-refractivity contribution in [1.29, 1.82) is 0 Å². The van der Waals surface area contributed by atoms with Crippen LogP contribution in [0.1, 0.15) is 49.4 Å². The van der Waals surface area contributed by atoms with Crippen molar-refractivity contribution in [3.63, 3.8) is 0 Å². The van der Waals surface area contributed by atoms with Crippen molar-refractivity contribution in [3.8, 4) is 16.9 Å². The van der Waals surface area contributed by atoms with Crippen molar-refractivity contribution in [3.05, 3.63) is 84.4 Å². The number of anilines is 1. The van der Waals surface area contributed by atoms with Crippen LogP contribution in [0.4, 0.5) is 5.69 Å². The van der Waals surface area contributed by atoms with Gasteiger partial charge in [-0.15, -0.1) is 0 Å². The molecule has 1 unspecified atom stereocenters. The van der Waals surface area contributed by atoms with Gasteiger partial charge in [0, 0.05) is 6.04 Å². The van der Waals surface area contributed by atoms with Crippen molar-refractivity contribution in [1.82, 2.24) is 5.32 Å². The normalized spacial score (nSPS) is 14.8. The Morgan fingerprint density at radius 2 is 1.45 bits per heavy atom. The minimum atomic E-state index is -0.720. The molecule has 5 nitrogen and oxygen atoms in total. The van der Waals surface area contributed by atoms with Crippen LogP contribution in [0.3, 0.4) is 0 Å². The Labute approximate surface area is 195 Å². The first-order valence-electron chi connectivity index (χ1n) is 11.6. The zero-order chi connectivity index (χ0) is 23.0. The lowest BCUT2D eigenvalue weighted by molar-refractivity contribution is -0.122. The molecule has 0 radical (unpaired) electrons.